The van der Waals surface area contributed by atoms with E-state index in [0.29, 0.717) is 22.4 Å². The molecule has 0 atom stereocenters. The van der Waals surface area contributed by atoms with Crippen molar-refractivity contribution in [2.24, 2.45) is 0 Å². The number of benzene rings is 2. The van der Waals surface area contributed by atoms with Crippen molar-refractivity contribution in [3.05, 3.63) is 47.3 Å². The number of hydrogen-bond donors (Lipinski definition) is 0. The van der Waals surface area contributed by atoms with Crippen LogP contribution in [-0.2, 0) is 21.2 Å². The normalized spacial score (nSPS) is 12.8. The van der Waals surface area contributed by atoms with Crippen LogP contribution in [0.4, 0.5) is 4.39 Å². The Morgan fingerprint density at radius 3 is 2.61 bits per heavy atom. The van der Waals surface area contributed by atoms with Gasteiger partial charge in [-0.05, 0) is 35.4 Å². The van der Waals surface area contributed by atoms with E-state index in [9.17, 15) is 17.6 Å². The van der Waals surface area contributed by atoms with Crippen LogP contribution in [0.25, 0.3) is 11.1 Å². The molecule has 0 amide bonds. The Morgan fingerprint density at radius 2 is 1.96 bits per heavy atom. The van der Waals surface area contributed by atoms with E-state index >= 15 is 0 Å². The zero-order chi connectivity index (χ0) is 16.8. The Morgan fingerprint density at radius 1 is 1.22 bits per heavy atom. The largest absolute Gasteiger partial charge is 0.488 e. The van der Waals surface area contributed by atoms with Crippen LogP contribution in [0.2, 0.25) is 0 Å². The minimum Gasteiger partial charge on any atom is -0.488 e. The smallest absolute Gasteiger partial charge is 0.340 e. The fourth-order valence-electron chi connectivity index (χ4n) is 2.49. The first-order chi connectivity index (χ1) is 10.8. The molecule has 2 aromatic carbocycles. The van der Waals surface area contributed by atoms with Crippen LogP contribution in [0.3, 0.4) is 0 Å². The predicted octanol–water partition coefficient (Wildman–Crippen LogP) is 2.58. The minimum absolute atomic E-state index is 0.137. The number of ether oxygens (including phenoxy) is 2. The fraction of sp³-hybridized carbons (Fsp3) is 0.188. The highest BCUT2D eigenvalue weighted by molar-refractivity contribution is 7.90. The summed E-state index contributed by atoms with van der Waals surface area (Å²) < 4.78 is 47.4. The second kappa shape index (κ2) is 5.34. The zero-order valence-corrected chi connectivity index (χ0v) is 13.2. The Hall–Kier alpha value is -2.41. The van der Waals surface area contributed by atoms with Gasteiger partial charge in [-0.1, -0.05) is 6.07 Å². The Bertz CT molecular complexity index is 918. The van der Waals surface area contributed by atoms with Crippen LogP contribution < -0.4 is 4.74 Å². The summed E-state index contributed by atoms with van der Waals surface area (Å²) in [4.78, 5) is 11.7. The summed E-state index contributed by atoms with van der Waals surface area (Å²) in [5, 5.41) is 0. The molecule has 0 aliphatic carbocycles. The third kappa shape index (κ3) is 2.68. The molecule has 0 bridgehead atoms. The maximum absolute atomic E-state index is 14.1. The van der Waals surface area contributed by atoms with Crippen molar-refractivity contribution in [2.45, 2.75) is 11.5 Å². The molecule has 0 aromatic heterocycles. The molecule has 1 heterocycles. The highest BCUT2D eigenvalue weighted by atomic mass is 32.2. The summed E-state index contributed by atoms with van der Waals surface area (Å²) in [7, 11) is -2.16. The lowest BCUT2D eigenvalue weighted by molar-refractivity contribution is 0.0595. The summed E-state index contributed by atoms with van der Waals surface area (Å²) in [6.07, 6.45) is 1.12. The monoisotopic (exact) mass is 336 g/mol. The van der Waals surface area contributed by atoms with Gasteiger partial charge in [-0.15, -0.1) is 0 Å². The van der Waals surface area contributed by atoms with Crippen LogP contribution in [0.5, 0.6) is 5.75 Å². The van der Waals surface area contributed by atoms with Crippen LogP contribution in [0.15, 0.2) is 35.2 Å². The number of fused-ring (bicyclic) bond motifs is 3. The quantitative estimate of drug-likeness (QED) is 0.789. The van der Waals surface area contributed by atoms with E-state index in [1.54, 1.807) is 6.07 Å². The van der Waals surface area contributed by atoms with Gasteiger partial charge in [0.1, 0.15) is 18.2 Å². The van der Waals surface area contributed by atoms with E-state index < -0.39 is 21.6 Å². The SMILES string of the molecule is COC(=O)c1cc2c(cc1F)-c1ccc(S(C)(=O)=O)cc1CO2. The molecule has 23 heavy (non-hydrogen) atoms. The van der Waals surface area contributed by atoms with Crippen molar-refractivity contribution in [2.75, 3.05) is 13.4 Å². The first-order valence-corrected chi connectivity index (χ1v) is 8.58. The van der Waals surface area contributed by atoms with Crippen molar-refractivity contribution in [1.29, 1.82) is 0 Å². The number of esters is 1. The van der Waals surface area contributed by atoms with E-state index in [0.717, 1.165) is 6.26 Å². The number of carbonyl (C=O) groups is 1. The second-order valence-corrected chi connectivity index (χ2v) is 7.22. The molecule has 7 heteroatoms. The average Bonchev–Trinajstić information content (AvgIpc) is 2.52. The lowest BCUT2D eigenvalue weighted by Gasteiger charge is -2.22. The number of carbonyl (C=O) groups excluding carboxylic acids is 1. The minimum atomic E-state index is -3.33. The van der Waals surface area contributed by atoms with E-state index in [1.807, 2.05) is 0 Å². The summed E-state index contributed by atoms with van der Waals surface area (Å²) in [6, 6.07) is 7.09. The topological polar surface area (TPSA) is 69.7 Å². The molecule has 0 saturated carbocycles. The van der Waals surface area contributed by atoms with Crippen LogP contribution in [0.1, 0.15) is 15.9 Å². The Labute approximate surface area is 132 Å². The van der Waals surface area contributed by atoms with Gasteiger partial charge in [0, 0.05) is 11.8 Å². The Kier molecular flexibility index (Phi) is 3.60. The van der Waals surface area contributed by atoms with Crippen LogP contribution in [-0.4, -0.2) is 27.8 Å². The molecule has 0 radical (unpaired) electrons. The maximum Gasteiger partial charge on any atom is 0.340 e. The molecule has 1 aliphatic heterocycles. The summed E-state index contributed by atoms with van der Waals surface area (Å²) in [5.41, 5.74) is 1.58. The average molecular weight is 336 g/mol. The Balaban J connectivity index is 2.15. The molecule has 0 N–H and O–H groups in total. The summed E-state index contributed by atoms with van der Waals surface area (Å²) in [5.74, 6) is -1.15. The van der Waals surface area contributed by atoms with Gasteiger partial charge in [-0.3, -0.25) is 0 Å². The van der Waals surface area contributed by atoms with E-state index in [1.165, 1.54) is 31.4 Å². The third-order valence-corrected chi connectivity index (χ3v) is 4.76. The number of halogens is 1. The molecule has 0 spiro atoms. The number of sulfone groups is 1. The number of rotatable bonds is 2. The number of methoxy groups -OCH3 is 1. The molecule has 2 aromatic rings. The number of hydrogen-bond acceptors (Lipinski definition) is 5. The van der Waals surface area contributed by atoms with Gasteiger partial charge in [-0.2, -0.15) is 0 Å². The highest BCUT2D eigenvalue weighted by Gasteiger charge is 2.24. The molecule has 0 saturated heterocycles. The fourth-order valence-corrected chi connectivity index (χ4v) is 3.16. The van der Waals surface area contributed by atoms with E-state index in [2.05, 4.69) is 4.74 Å². The molecule has 3 rings (SSSR count). The lowest BCUT2D eigenvalue weighted by Crippen LogP contribution is -2.11. The van der Waals surface area contributed by atoms with Gasteiger partial charge in [0.25, 0.3) is 0 Å². The standard InChI is InChI=1S/C16H13FO5S/c1-21-16(18)13-7-15-12(6-14(13)17)11-4-3-10(23(2,19)20)5-9(11)8-22-15/h3-7H,8H2,1-2H3. The van der Waals surface area contributed by atoms with Gasteiger partial charge in [-0.25, -0.2) is 17.6 Å². The molecule has 0 fully saturated rings. The molecule has 5 nitrogen and oxygen atoms in total. The first kappa shape index (κ1) is 15.5. The highest BCUT2D eigenvalue weighted by Crippen LogP contribution is 2.39. The van der Waals surface area contributed by atoms with E-state index in [4.69, 9.17) is 4.74 Å². The van der Waals surface area contributed by atoms with Gasteiger partial charge >= 0.3 is 5.97 Å². The molecule has 1 aliphatic rings. The molecular weight excluding hydrogens is 323 g/mol. The van der Waals surface area contributed by atoms with Gasteiger partial charge in [0.15, 0.2) is 9.84 Å². The second-order valence-electron chi connectivity index (χ2n) is 5.20. The van der Waals surface area contributed by atoms with Gasteiger partial charge < -0.3 is 9.47 Å². The van der Waals surface area contributed by atoms with Crippen molar-refractivity contribution in [3.8, 4) is 16.9 Å². The molecule has 120 valence electrons. The molecular formula is C16H13FO5S. The molecule has 0 unspecified atom stereocenters. The maximum atomic E-state index is 14.1. The van der Waals surface area contributed by atoms with Gasteiger partial charge in [0.05, 0.1) is 17.6 Å². The van der Waals surface area contributed by atoms with Gasteiger partial charge in [0.2, 0.25) is 0 Å². The predicted molar refractivity (Wildman–Crippen MR) is 80.6 cm³/mol. The summed E-state index contributed by atoms with van der Waals surface area (Å²) in [6.45, 7) is 0.137. The van der Waals surface area contributed by atoms with Crippen molar-refractivity contribution in [3.63, 3.8) is 0 Å². The third-order valence-electron chi connectivity index (χ3n) is 3.65. The van der Waals surface area contributed by atoms with Crippen LogP contribution >= 0.6 is 0 Å². The van der Waals surface area contributed by atoms with Crippen molar-refractivity contribution < 1.29 is 27.1 Å². The van der Waals surface area contributed by atoms with Crippen molar-refractivity contribution >= 4 is 15.8 Å². The van der Waals surface area contributed by atoms with E-state index in [-0.39, 0.29) is 17.1 Å². The zero-order valence-electron chi connectivity index (χ0n) is 12.4. The summed E-state index contributed by atoms with van der Waals surface area (Å²) >= 11 is 0. The van der Waals surface area contributed by atoms with Crippen LogP contribution in [0, 0.1) is 5.82 Å². The lowest BCUT2D eigenvalue weighted by atomic mass is 9.95. The first-order valence-electron chi connectivity index (χ1n) is 6.69. The van der Waals surface area contributed by atoms with Crippen molar-refractivity contribution in [1.82, 2.24) is 0 Å².